The zero-order chi connectivity index (χ0) is 21.1. The van der Waals surface area contributed by atoms with Crippen molar-refractivity contribution in [3.8, 4) is 23.0 Å². The summed E-state index contributed by atoms with van der Waals surface area (Å²) in [6.45, 7) is -2.56. The fraction of sp³-hybridized carbons (Fsp3) is 0.300. The van der Waals surface area contributed by atoms with Crippen LogP contribution in [0.1, 0.15) is 17.5 Å². The molecular weight excluding hydrogens is 416 g/mol. The molecule has 1 unspecified atom stereocenters. The second kappa shape index (κ2) is 8.78. The maximum atomic E-state index is 12.5. The fourth-order valence-corrected chi connectivity index (χ4v) is 3.88. The molecule has 158 valence electrons. The van der Waals surface area contributed by atoms with Gasteiger partial charge in [-0.15, -0.1) is 10.2 Å². The third kappa shape index (κ3) is 4.28. The van der Waals surface area contributed by atoms with Gasteiger partial charge in [-0.05, 0) is 29.8 Å². The predicted octanol–water partition coefficient (Wildman–Crippen LogP) is 4.23. The molecule has 30 heavy (non-hydrogen) atoms. The van der Waals surface area contributed by atoms with Gasteiger partial charge in [0.05, 0.1) is 7.11 Å². The largest absolute Gasteiger partial charge is 0.493 e. The zero-order valence-electron chi connectivity index (χ0n) is 16.2. The molecule has 0 aliphatic carbocycles. The summed E-state index contributed by atoms with van der Waals surface area (Å²) in [5.74, 6) is 2.82. The maximum absolute atomic E-state index is 12.5. The number of hydrogen-bond acceptors (Lipinski definition) is 7. The fourth-order valence-electron chi connectivity index (χ4n) is 3.02. The molecule has 0 bridgehead atoms. The summed E-state index contributed by atoms with van der Waals surface area (Å²) in [7, 11) is 3.27. The monoisotopic (exact) mass is 435 g/mol. The molecule has 0 fully saturated rings. The first-order valence-corrected chi connectivity index (χ1v) is 10.1. The van der Waals surface area contributed by atoms with E-state index in [4.69, 9.17) is 14.2 Å². The molecule has 0 spiro atoms. The summed E-state index contributed by atoms with van der Waals surface area (Å²) in [5, 5.41) is 9.20. The average molecular weight is 435 g/mol. The summed E-state index contributed by atoms with van der Waals surface area (Å²) in [4.78, 5) is 0. The van der Waals surface area contributed by atoms with E-state index in [9.17, 15) is 8.78 Å². The van der Waals surface area contributed by atoms with Crippen molar-refractivity contribution in [3.63, 3.8) is 0 Å². The number of nitrogens with zero attached hydrogens (tertiary/aromatic N) is 3. The Bertz CT molecular complexity index is 1030. The average Bonchev–Trinajstić information content (AvgIpc) is 3.12. The first kappa shape index (κ1) is 20.3. The number of para-hydroxylation sites is 2. The molecule has 1 atom stereocenters. The highest BCUT2D eigenvalue weighted by Crippen LogP contribution is 2.36. The number of halogens is 2. The van der Waals surface area contributed by atoms with Crippen LogP contribution in [-0.4, -0.2) is 35.1 Å². The van der Waals surface area contributed by atoms with Crippen LogP contribution in [-0.2, 0) is 12.8 Å². The lowest BCUT2D eigenvalue weighted by atomic mass is 10.2. The highest BCUT2D eigenvalue weighted by Gasteiger charge is 2.27. The van der Waals surface area contributed by atoms with Gasteiger partial charge >= 0.3 is 6.61 Å². The van der Waals surface area contributed by atoms with E-state index in [1.54, 1.807) is 12.1 Å². The number of methoxy groups -OCH3 is 1. The van der Waals surface area contributed by atoms with Crippen LogP contribution in [0.3, 0.4) is 0 Å². The molecule has 10 heteroatoms. The van der Waals surface area contributed by atoms with Gasteiger partial charge in [0, 0.05) is 12.8 Å². The molecule has 0 N–H and O–H groups in total. The zero-order valence-corrected chi connectivity index (χ0v) is 17.1. The molecular formula is C20H19F2N3O4S. The van der Waals surface area contributed by atoms with Crippen molar-refractivity contribution < 1.29 is 27.7 Å². The van der Waals surface area contributed by atoms with Crippen molar-refractivity contribution in [2.45, 2.75) is 23.6 Å². The molecule has 7 nitrogen and oxygen atoms in total. The third-order valence-corrected chi connectivity index (χ3v) is 5.57. The summed E-state index contributed by atoms with van der Waals surface area (Å²) in [6.07, 6.45) is -0.363. The van der Waals surface area contributed by atoms with E-state index in [2.05, 4.69) is 14.9 Å². The van der Waals surface area contributed by atoms with E-state index < -0.39 is 6.61 Å². The van der Waals surface area contributed by atoms with Crippen LogP contribution in [0.4, 0.5) is 8.78 Å². The van der Waals surface area contributed by atoms with Crippen molar-refractivity contribution in [2.24, 2.45) is 7.05 Å². The Morgan fingerprint density at radius 1 is 1.17 bits per heavy atom. The standard InChI is InChI=1S/C20H19F2N3O4S/c1-25-18(17-10-27-13-5-3-4-6-14(13)28-17)23-24-20(25)30-11-12-7-8-15(29-19(21)22)16(9-12)26-2/h3-9,17,19H,10-11H2,1-2H3. The number of thioether (sulfide) groups is 1. The summed E-state index contributed by atoms with van der Waals surface area (Å²) < 4.78 is 48.2. The van der Waals surface area contributed by atoms with E-state index in [0.717, 1.165) is 5.56 Å². The molecule has 0 saturated heterocycles. The number of aromatic nitrogens is 3. The lowest BCUT2D eigenvalue weighted by molar-refractivity contribution is -0.0512. The van der Waals surface area contributed by atoms with Crippen molar-refractivity contribution in [1.29, 1.82) is 0 Å². The van der Waals surface area contributed by atoms with E-state index in [0.29, 0.717) is 34.8 Å². The molecule has 0 amide bonds. The topological polar surface area (TPSA) is 67.6 Å². The van der Waals surface area contributed by atoms with E-state index in [-0.39, 0.29) is 17.6 Å². The Hall–Kier alpha value is -3.01. The lowest BCUT2D eigenvalue weighted by Gasteiger charge is -2.25. The highest BCUT2D eigenvalue weighted by atomic mass is 32.2. The van der Waals surface area contributed by atoms with Gasteiger partial charge in [-0.3, -0.25) is 0 Å². The lowest BCUT2D eigenvalue weighted by Crippen LogP contribution is -2.24. The molecule has 1 aliphatic heterocycles. The number of fused-ring (bicyclic) bond motifs is 1. The smallest absolute Gasteiger partial charge is 0.387 e. The first-order chi connectivity index (χ1) is 14.5. The molecule has 2 aromatic carbocycles. The Morgan fingerprint density at radius 3 is 2.73 bits per heavy atom. The normalized spacial score (nSPS) is 15.3. The second-order valence-electron chi connectivity index (χ2n) is 6.42. The SMILES string of the molecule is COc1cc(CSc2nnc(C3COc4ccccc4O3)n2C)ccc1OC(F)F. The van der Waals surface area contributed by atoms with Crippen LogP contribution in [0, 0.1) is 0 Å². The molecule has 0 saturated carbocycles. The maximum Gasteiger partial charge on any atom is 0.387 e. The van der Waals surface area contributed by atoms with Gasteiger partial charge in [0.15, 0.2) is 40.1 Å². The predicted molar refractivity (Wildman–Crippen MR) is 105 cm³/mol. The minimum atomic E-state index is -2.91. The van der Waals surface area contributed by atoms with Crippen molar-refractivity contribution in [3.05, 3.63) is 53.9 Å². The number of rotatable bonds is 7. The quantitative estimate of drug-likeness (QED) is 0.515. The molecule has 1 aliphatic rings. The molecule has 0 radical (unpaired) electrons. The van der Waals surface area contributed by atoms with Gasteiger partial charge in [0.25, 0.3) is 0 Å². The number of alkyl halides is 2. The van der Waals surface area contributed by atoms with E-state index in [1.807, 2.05) is 35.9 Å². The molecule has 3 aromatic rings. The molecule has 1 aromatic heterocycles. The van der Waals surface area contributed by atoms with Gasteiger partial charge in [-0.1, -0.05) is 30.0 Å². The van der Waals surface area contributed by atoms with Crippen LogP contribution < -0.4 is 18.9 Å². The first-order valence-electron chi connectivity index (χ1n) is 9.07. The Balaban J connectivity index is 1.44. The van der Waals surface area contributed by atoms with E-state index >= 15 is 0 Å². The van der Waals surface area contributed by atoms with Crippen LogP contribution in [0.15, 0.2) is 47.6 Å². The van der Waals surface area contributed by atoms with Crippen molar-refractivity contribution in [1.82, 2.24) is 14.8 Å². The Kier molecular flexibility index (Phi) is 5.93. The van der Waals surface area contributed by atoms with Gasteiger partial charge in [-0.25, -0.2) is 0 Å². The summed E-state index contributed by atoms with van der Waals surface area (Å²) in [5.41, 5.74) is 0.870. The Morgan fingerprint density at radius 2 is 1.97 bits per heavy atom. The van der Waals surface area contributed by atoms with Gasteiger partial charge in [0.1, 0.15) is 6.61 Å². The van der Waals surface area contributed by atoms with Crippen LogP contribution in [0.25, 0.3) is 0 Å². The third-order valence-electron chi connectivity index (χ3n) is 4.48. The van der Waals surface area contributed by atoms with Crippen molar-refractivity contribution >= 4 is 11.8 Å². The number of benzene rings is 2. The summed E-state index contributed by atoms with van der Waals surface area (Å²) in [6, 6.07) is 12.3. The molecule has 4 rings (SSSR count). The van der Waals surface area contributed by atoms with Crippen LogP contribution in [0.5, 0.6) is 23.0 Å². The molecule has 2 heterocycles. The van der Waals surface area contributed by atoms with Gasteiger partial charge in [0.2, 0.25) is 0 Å². The number of ether oxygens (including phenoxy) is 4. The Labute approximate surface area is 175 Å². The second-order valence-corrected chi connectivity index (χ2v) is 7.36. The minimum absolute atomic E-state index is 0.00285. The van der Waals surface area contributed by atoms with Crippen LogP contribution >= 0.6 is 11.8 Å². The summed E-state index contributed by atoms with van der Waals surface area (Å²) >= 11 is 1.46. The highest BCUT2D eigenvalue weighted by molar-refractivity contribution is 7.98. The van der Waals surface area contributed by atoms with E-state index in [1.165, 1.54) is 24.9 Å². The van der Waals surface area contributed by atoms with Crippen molar-refractivity contribution in [2.75, 3.05) is 13.7 Å². The van der Waals surface area contributed by atoms with Crippen LogP contribution in [0.2, 0.25) is 0 Å². The van der Waals surface area contributed by atoms with Gasteiger partial charge in [-0.2, -0.15) is 8.78 Å². The van der Waals surface area contributed by atoms with Gasteiger partial charge < -0.3 is 23.5 Å². The number of hydrogen-bond donors (Lipinski definition) is 0. The minimum Gasteiger partial charge on any atom is -0.493 e.